The Balaban J connectivity index is 1.49. The normalized spacial score (nSPS) is 34.1. The molecule has 6 atom stereocenters. The first-order chi connectivity index (χ1) is 12.8. The van der Waals surface area contributed by atoms with Gasteiger partial charge in [-0.2, -0.15) is 0 Å². The Morgan fingerprint density at radius 1 is 0.962 bits per heavy atom. The Labute approximate surface area is 152 Å². The second-order valence-corrected chi connectivity index (χ2v) is 6.34. The predicted octanol–water partition coefficient (Wildman–Crippen LogP) is 2.28. The lowest BCUT2D eigenvalue weighted by atomic mass is 9.97. The average Bonchev–Trinajstić information content (AvgIpc) is 2.70. The van der Waals surface area contributed by atoms with Gasteiger partial charge in [0, 0.05) is 12.7 Å². The van der Waals surface area contributed by atoms with Crippen molar-refractivity contribution in [3.63, 3.8) is 0 Å². The van der Waals surface area contributed by atoms with Gasteiger partial charge in [0.15, 0.2) is 6.29 Å². The van der Waals surface area contributed by atoms with E-state index in [0.29, 0.717) is 12.4 Å². The second-order valence-electron chi connectivity index (χ2n) is 6.34. The molecule has 0 saturated carbocycles. The molecule has 0 aliphatic carbocycles. The van der Waals surface area contributed by atoms with Crippen molar-refractivity contribution in [3.8, 4) is 5.75 Å². The van der Waals surface area contributed by atoms with Crippen LogP contribution in [0.2, 0.25) is 0 Å². The van der Waals surface area contributed by atoms with Crippen LogP contribution in [0.25, 0.3) is 0 Å². The lowest BCUT2D eigenvalue weighted by Crippen LogP contribution is -2.63. The number of para-hydroxylation sites is 1. The van der Waals surface area contributed by atoms with Gasteiger partial charge in [-0.3, -0.25) is 0 Å². The van der Waals surface area contributed by atoms with E-state index in [1.54, 1.807) is 7.11 Å². The SMILES string of the molecule is CO[C@@H]1[C@@H](O)[C@H](Oc2ccccc2)O[C@@H]2CO[C@@H](c3ccccc3)O[C@@H]12. The highest BCUT2D eigenvalue weighted by molar-refractivity contribution is 5.21. The summed E-state index contributed by atoms with van der Waals surface area (Å²) in [5.74, 6) is 0.615. The van der Waals surface area contributed by atoms with E-state index in [1.165, 1.54) is 0 Å². The van der Waals surface area contributed by atoms with Crippen molar-refractivity contribution in [1.82, 2.24) is 0 Å². The zero-order valence-electron chi connectivity index (χ0n) is 14.4. The van der Waals surface area contributed by atoms with Gasteiger partial charge in [0.2, 0.25) is 6.29 Å². The molecule has 0 amide bonds. The number of hydrogen-bond acceptors (Lipinski definition) is 6. The van der Waals surface area contributed by atoms with Gasteiger partial charge in [0.25, 0.3) is 0 Å². The topological polar surface area (TPSA) is 66.4 Å². The first-order valence-electron chi connectivity index (χ1n) is 8.66. The van der Waals surface area contributed by atoms with E-state index in [4.69, 9.17) is 23.7 Å². The summed E-state index contributed by atoms with van der Waals surface area (Å²) in [6.45, 7) is 0.325. The molecule has 0 bridgehead atoms. The molecule has 2 aliphatic heterocycles. The van der Waals surface area contributed by atoms with Gasteiger partial charge in [0.05, 0.1) is 6.61 Å². The summed E-state index contributed by atoms with van der Waals surface area (Å²) in [5, 5.41) is 10.7. The summed E-state index contributed by atoms with van der Waals surface area (Å²) >= 11 is 0. The summed E-state index contributed by atoms with van der Waals surface area (Å²) < 4.78 is 29.1. The Bertz CT molecular complexity index is 694. The number of fused-ring (bicyclic) bond motifs is 1. The van der Waals surface area contributed by atoms with Crippen LogP contribution in [0.3, 0.4) is 0 Å². The quantitative estimate of drug-likeness (QED) is 0.905. The van der Waals surface area contributed by atoms with Crippen LogP contribution in [0, 0.1) is 0 Å². The minimum absolute atomic E-state index is 0.325. The highest BCUT2D eigenvalue weighted by Gasteiger charge is 2.50. The van der Waals surface area contributed by atoms with Crippen molar-refractivity contribution < 1.29 is 28.8 Å². The molecule has 2 saturated heterocycles. The fraction of sp³-hybridized carbons (Fsp3) is 0.400. The molecular weight excluding hydrogens is 336 g/mol. The van der Waals surface area contributed by atoms with Crippen molar-refractivity contribution >= 4 is 0 Å². The zero-order valence-corrected chi connectivity index (χ0v) is 14.4. The predicted molar refractivity (Wildman–Crippen MR) is 92.5 cm³/mol. The Morgan fingerprint density at radius 2 is 1.65 bits per heavy atom. The average molecular weight is 358 g/mol. The van der Waals surface area contributed by atoms with Crippen LogP contribution in [0.15, 0.2) is 60.7 Å². The van der Waals surface area contributed by atoms with Crippen molar-refractivity contribution in [2.75, 3.05) is 13.7 Å². The van der Waals surface area contributed by atoms with Crippen LogP contribution < -0.4 is 4.74 Å². The van der Waals surface area contributed by atoms with Crippen molar-refractivity contribution in [2.45, 2.75) is 37.0 Å². The van der Waals surface area contributed by atoms with Crippen LogP contribution in [0.1, 0.15) is 11.9 Å². The van der Waals surface area contributed by atoms with E-state index in [0.717, 1.165) is 5.56 Å². The van der Waals surface area contributed by atoms with Crippen LogP contribution >= 0.6 is 0 Å². The number of methoxy groups -OCH3 is 1. The first-order valence-corrected chi connectivity index (χ1v) is 8.66. The van der Waals surface area contributed by atoms with Crippen LogP contribution in [-0.2, 0) is 18.9 Å². The summed E-state index contributed by atoms with van der Waals surface area (Å²) in [6.07, 6.45) is -3.79. The molecule has 0 radical (unpaired) electrons. The molecule has 0 aromatic heterocycles. The number of aliphatic hydroxyl groups excluding tert-OH is 1. The van der Waals surface area contributed by atoms with E-state index < -0.39 is 37.0 Å². The third-order valence-electron chi connectivity index (χ3n) is 4.65. The molecule has 2 aromatic rings. The van der Waals surface area contributed by atoms with E-state index in [9.17, 15) is 5.11 Å². The van der Waals surface area contributed by atoms with Gasteiger partial charge in [0.1, 0.15) is 30.2 Å². The number of rotatable bonds is 4. The van der Waals surface area contributed by atoms with Crippen molar-refractivity contribution in [3.05, 3.63) is 66.2 Å². The van der Waals surface area contributed by atoms with E-state index in [1.807, 2.05) is 60.7 Å². The maximum Gasteiger partial charge on any atom is 0.229 e. The molecule has 138 valence electrons. The summed E-state index contributed by atoms with van der Waals surface area (Å²) in [7, 11) is 1.55. The highest BCUT2D eigenvalue weighted by atomic mass is 16.8. The fourth-order valence-electron chi connectivity index (χ4n) is 3.34. The molecule has 2 fully saturated rings. The fourth-order valence-corrected chi connectivity index (χ4v) is 3.34. The van der Waals surface area contributed by atoms with Gasteiger partial charge in [-0.25, -0.2) is 0 Å². The van der Waals surface area contributed by atoms with E-state index in [-0.39, 0.29) is 0 Å². The minimum Gasteiger partial charge on any atom is -0.462 e. The Morgan fingerprint density at radius 3 is 2.35 bits per heavy atom. The Kier molecular flexibility index (Phi) is 5.19. The summed E-state index contributed by atoms with van der Waals surface area (Å²) in [6, 6.07) is 18.9. The minimum atomic E-state index is -0.990. The molecule has 1 N–H and O–H groups in total. The molecule has 4 rings (SSSR count). The van der Waals surface area contributed by atoms with Crippen molar-refractivity contribution in [1.29, 1.82) is 0 Å². The van der Waals surface area contributed by atoms with Crippen LogP contribution in [0.5, 0.6) is 5.75 Å². The summed E-state index contributed by atoms with van der Waals surface area (Å²) in [5.41, 5.74) is 0.915. The first kappa shape index (κ1) is 17.5. The molecule has 6 heteroatoms. The number of ether oxygens (including phenoxy) is 5. The standard InChI is InChI=1S/C20H22O6/c1-22-18-16(21)20(24-14-10-6-3-7-11-14)25-15-12-23-19(26-17(15)18)13-8-4-2-5-9-13/h2-11,15-21H,12H2,1H3/t15-,16-,17-,18-,19-,20-/m1/s1. The smallest absolute Gasteiger partial charge is 0.229 e. The van der Waals surface area contributed by atoms with Gasteiger partial charge in [-0.15, -0.1) is 0 Å². The highest BCUT2D eigenvalue weighted by Crippen LogP contribution is 2.35. The molecule has 2 aliphatic rings. The largest absolute Gasteiger partial charge is 0.462 e. The van der Waals surface area contributed by atoms with Crippen LogP contribution in [-0.4, -0.2) is 49.5 Å². The molecule has 26 heavy (non-hydrogen) atoms. The van der Waals surface area contributed by atoms with Crippen molar-refractivity contribution in [2.24, 2.45) is 0 Å². The number of hydrogen-bond donors (Lipinski definition) is 1. The molecular formula is C20H22O6. The lowest BCUT2D eigenvalue weighted by molar-refractivity contribution is -0.352. The van der Waals surface area contributed by atoms with E-state index in [2.05, 4.69) is 0 Å². The van der Waals surface area contributed by atoms with E-state index >= 15 is 0 Å². The maximum atomic E-state index is 10.7. The van der Waals surface area contributed by atoms with Gasteiger partial charge in [-0.05, 0) is 12.1 Å². The summed E-state index contributed by atoms with van der Waals surface area (Å²) in [4.78, 5) is 0. The van der Waals surface area contributed by atoms with Gasteiger partial charge >= 0.3 is 0 Å². The lowest BCUT2D eigenvalue weighted by Gasteiger charge is -2.47. The van der Waals surface area contributed by atoms with Crippen LogP contribution in [0.4, 0.5) is 0 Å². The monoisotopic (exact) mass is 358 g/mol. The third-order valence-corrected chi connectivity index (χ3v) is 4.65. The molecule has 0 unspecified atom stereocenters. The number of aliphatic hydroxyl groups is 1. The maximum absolute atomic E-state index is 10.7. The molecule has 0 spiro atoms. The second kappa shape index (κ2) is 7.73. The molecule has 6 nitrogen and oxygen atoms in total. The molecule has 2 heterocycles. The Hall–Kier alpha value is -1.96. The third kappa shape index (κ3) is 3.47. The number of benzene rings is 2. The van der Waals surface area contributed by atoms with Gasteiger partial charge < -0.3 is 28.8 Å². The zero-order chi connectivity index (χ0) is 17.9. The molecule has 2 aromatic carbocycles. The van der Waals surface area contributed by atoms with Gasteiger partial charge in [-0.1, -0.05) is 48.5 Å².